The highest BCUT2D eigenvalue weighted by atomic mass is 79.9. The van der Waals surface area contributed by atoms with Gasteiger partial charge in [0.05, 0.1) is 6.10 Å². The summed E-state index contributed by atoms with van der Waals surface area (Å²) in [5, 5.41) is 12.5. The van der Waals surface area contributed by atoms with Crippen molar-refractivity contribution in [3.8, 4) is 0 Å². The number of carbonyl (C=O) groups excluding carboxylic acids is 3. The quantitative estimate of drug-likeness (QED) is 0.229. The Morgan fingerprint density at radius 1 is 0.821 bits per heavy atom. The third kappa shape index (κ3) is 4.67. The fourth-order valence-electron chi connectivity index (χ4n) is 10.3. The summed E-state index contributed by atoms with van der Waals surface area (Å²) in [5.41, 5.74) is -1.43. The lowest BCUT2D eigenvalue weighted by atomic mass is 9.33. The predicted molar refractivity (Wildman–Crippen MR) is 151 cm³/mol. The van der Waals surface area contributed by atoms with E-state index in [1.807, 2.05) is 0 Å². The van der Waals surface area contributed by atoms with Crippen LogP contribution < -0.4 is 0 Å². The van der Waals surface area contributed by atoms with Gasteiger partial charge in [-0.15, -0.1) is 0 Å². The van der Waals surface area contributed by atoms with Gasteiger partial charge in [0.2, 0.25) is 0 Å². The van der Waals surface area contributed by atoms with Crippen molar-refractivity contribution in [2.24, 2.45) is 44.8 Å². The summed E-state index contributed by atoms with van der Waals surface area (Å²) in [5.74, 6) is -0.310. The summed E-state index contributed by atoms with van der Waals surface area (Å²) in [6.07, 6.45) is 5.99. The maximum Gasteiger partial charge on any atom is 0.318 e. The molecule has 9 atom stereocenters. The monoisotopic (exact) mass is 612 g/mol. The maximum absolute atomic E-state index is 13.4. The van der Waals surface area contributed by atoms with Gasteiger partial charge in [-0.1, -0.05) is 50.5 Å². The van der Waals surface area contributed by atoms with E-state index in [1.54, 1.807) is 0 Å². The van der Waals surface area contributed by atoms with Gasteiger partial charge in [0, 0.05) is 24.6 Å². The van der Waals surface area contributed by atoms with E-state index in [4.69, 9.17) is 14.2 Å². The highest BCUT2D eigenvalue weighted by Crippen LogP contribution is 2.75. The molecule has 0 unspecified atom stereocenters. The van der Waals surface area contributed by atoms with Crippen LogP contribution in [0.2, 0.25) is 0 Å². The molecule has 0 bridgehead atoms. The zero-order valence-electron chi connectivity index (χ0n) is 24.9. The lowest BCUT2D eigenvalue weighted by Crippen LogP contribution is -2.69. The minimum atomic E-state index is -1.24. The van der Waals surface area contributed by atoms with Crippen LogP contribution in [0.4, 0.5) is 0 Å². The Bertz CT molecular complexity index is 982. The predicted octanol–water partition coefficient (Wildman–Crippen LogP) is 5.84. The van der Waals surface area contributed by atoms with Crippen molar-refractivity contribution < 1.29 is 33.7 Å². The lowest BCUT2D eigenvalue weighted by Gasteiger charge is -2.72. The molecule has 0 radical (unpaired) electrons. The average molecular weight is 614 g/mol. The lowest BCUT2D eigenvalue weighted by molar-refractivity contribution is -0.262. The van der Waals surface area contributed by atoms with Crippen LogP contribution in [0.25, 0.3) is 0 Å². The average Bonchev–Trinajstić information content (AvgIpc) is 2.84. The van der Waals surface area contributed by atoms with Crippen molar-refractivity contribution >= 4 is 33.8 Å². The van der Waals surface area contributed by atoms with E-state index >= 15 is 0 Å². The molecule has 7 nitrogen and oxygen atoms in total. The molecule has 0 spiro atoms. The van der Waals surface area contributed by atoms with Gasteiger partial charge in [0.15, 0.2) is 0 Å². The number of fused-ring (bicyclic) bond motifs is 5. The van der Waals surface area contributed by atoms with Crippen molar-refractivity contribution in [3.63, 3.8) is 0 Å². The van der Waals surface area contributed by atoms with Crippen LogP contribution in [0.3, 0.4) is 0 Å². The van der Waals surface area contributed by atoms with E-state index in [0.717, 1.165) is 44.9 Å². The summed E-state index contributed by atoms with van der Waals surface area (Å²) < 4.78 is 16.8. The first-order valence-corrected chi connectivity index (χ1v) is 15.9. The van der Waals surface area contributed by atoms with E-state index in [1.165, 1.54) is 13.8 Å². The van der Waals surface area contributed by atoms with E-state index in [0.29, 0.717) is 23.6 Å². The Hall–Kier alpha value is -1.15. The topological polar surface area (TPSA) is 99.1 Å². The molecule has 0 saturated heterocycles. The molecule has 4 aliphatic rings. The number of ether oxygens (including phenoxy) is 3. The molecule has 4 aliphatic carbocycles. The molecule has 39 heavy (non-hydrogen) atoms. The minimum Gasteiger partial charge on any atom is -0.465 e. The fraction of sp³-hybridized carbons (Fsp3) is 0.903. The number of hydrogen-bond donors (Lipinski definition) is 1. The second-order valence-electron chi connectivity index (χ2n) is 14.3. The number of rotatable bonds is 6. The van der Waals surface area contributed by atoms with Crippen LogP contribution in [0.15, 0.2) is 0 Å². The third-order valence-corrected chi connectivity index (χ3v) is 12.8. The Balaban J connectivity index is 1.66. The number of aliphatic hydroxyl groups excluding tert-OH is 1. The molecule has 0 aliphatic heterocycles. The highest BCUT2D eigenvalue weighted by molar-refractivity contribution is 9.09. The molecule has 0 aromatic heterocycles. The van der Waals surface area contributed by atoms with E-state index in [2.05, 4.69) is 50.5 Å². The molecule has 8 heteroatoms. The Morgan fingerprint density at radius 2 is 1.51 bits per heavy atom. The zero-order chi connectivity index (χ0) is 29.0. The van der Waals surface area contributed by atoms with Crippen LogP contribution in [0, 0.1) is 44.8 Å². The van der Waals surface area contributed by atoms with Gasteiger partial charge in [-0.3, -0.25) is 14.4 Å². The molecule has 4 rings (SSSR count). The number of halogens is 1. The molecule has 0 heterocycles. The van der Waals surface area contributed by atoms with Gasteiger partial charge >= 0.3 is 17.9 Å². The second-order valence-corrected chi connectivity index (χ2v) is 15.1. The minimum absolute atomic E-state index is 0.0140. The van der Waals surface area contributed by atoms with Crippen molar-refractivity contribution in [1.29, 1.82) is 0 Å². The van der Waals surface area contributed by atoms with Gasteiger partial charge in [0.25, 0.3) is 0 Å². The largest absolute Gasteiger partial charge is 0.465 e. The molecule has 4 saturated carbocycles. The number of hydrogen-bond acceptors (Lipinski definition) is 7. The fourth-order valence-corrected chi connectivity index (χ4v) is 10.5. The zero-order valence-corrected chi connectivity index (χ0v) is 26.5. The maximum atomic E-state index is 13.4. The first-order chi connectivity index (χ1) is 18.1. The smallest absolute Gasteiger partial charge is 0.318 e. The van der Waals surface area contributed by atoms with E-state index in [9.17, 15) is 19.5 Å². The van der Waals surface area contributed by atoms with Crippen LogP contribution >= 0.6 is 15.9 Å². The molecule has 222 valence electrons. The highest BCUT2D eigenvalue weighted by Gasteiger charge is 2.71. The summed E-state index contributed by atoms with van der Waals surface area (Å²) in [7, 11) is 0. The number of carbonyl (C=O) groups is 3. The first kappa shape index (κ1) is 30.8. The van der Waals surface area contributed by atoms with Crippen molar-refractivity contribution in [1.82, 2.24) is 0 Å². The van der Waals surface area contributed by atoms with Crippen LogP contribution in [0.5, 0.6) is 0 Å². The van der Waals surface area contributed by atoms with Gasteiger partial charge in [-0.2, -0.15) is 0 Å². The summed E-state index contributed by atoms with van der Waals surface area (Å²) in [6.45, 7) is 14.7. The second kappa shape index (κ2) is 10.6. The Morgan fingerprint density at radius 3 is 2.13 bits per heavy atom. The summed E-state index contributed by atoms with van der Waals surface area (Å²) in [4.78, 5) is 37.1. The standard InChI is InChI=1S/C31H49BrO7/c1-19(33)38-18-31(26(36)37-17-16-32)15-14-29(6)21(25(31)35)8-9-23-28(5)12-11-24(39-20(2)34)27(3,4)22(28)10-13-30(23,29)7/h21-25,35H,8-18H2,1-7H3/t21-,22+,23-,24+,25+,28+,29-,30-,31+/m1/s1. The van der Waals surface area contributed by atoms with E-state index in [-0.39, 0.29) is 52.9 Å². The van der Waals surface area contributed by atoms with Crippen LogP contribution in [-0.4, -0.2) is 53.8 Å². The molecule has 1 N–H and O–H groups in total. The van der Waals surface area contributed by atoms with Gasteiger partial charge in [-0.05, 0) is 85.4 Å². The third-order valence-electron chi connectivity index (χ3n) is 12.5. The molecular formula is C31H49BrO7. The van der Waals surface area contributed by atoms with Gasteiger partial charge in [0.1, 0.15) is 24.7 Å². The van der Waals surface area contributed by atoms with Crippen molar-refractivity contribution in [2.45, 2.75) is 112 Å². The van der Waals surface area contributed by atoms with E-state index < -0.39 is 23.5 Å². The Labute approximate surface area is 242 Å². The van der Waals surface area contributed by atoms with Crippen molar-refractivity contribution in [2.75, 3.05) is 18.5 Å². The SMILES string of the molecule is CC(=O)OC[C@@]1(C(=O)OCCBr)CC[C@]2(C)[C@H](CC[C@@H]3[C@@]4(C)CC[C@H](OC(C)=O)C(C)(C)[C@@H]4CC[C@]32C)[C@@H]1O. The Kier molecular flexibility index (Phi) is 8.37. The molecule has 0 aromatic rings. The first-order valence-electron chi connectivity index (χ1n) is 14.8. The normalized spacial score (nSPS) is 44.7. The van der Waals surface area contributed by atoms with Crippen molar-refractivity contribution in [3.05, 3.63) is 0 Å². The molecular weight excluding hydrogens is 564 g/mol. The summed E-state index contributed by atoms with van der Waals surface area (Å²) >= 11 is 3.31. The van der Waals surface area contributed by atoms with Gasteiger partial charge in [-0.25, -0.2) is 0 Å². The van der Waals surface area contributed by atoms with Crippen LogP contribution in [0.1, 0.15) is 99.8 Å². The molecule has 4 fully saturated rings. The van der Waals surface area contributed by atoms with Crippen LogP contribution in [-0.2, 0) is 28.6 Å². The molecule has 0 aromatic carbocycles. The van der Waals surface area contributed by atoms with Gasteiger partial charge < -0.3 is 19.3 Å². The number of esters is 3. The molecule has 0 amide bonds. The summed E-state index contributed by atoms with van der Waals surface area (Å²) in [6, 6.07) is 0. The number of alkyl halides is 1. The number of aliphatic hydroxyl groups is 1.